The predicted octanol–water partition coefficient (Wildman–Crippen LogP) is 4.68. The molecule has 0 bridgehead atoms. The van der Waals surface area contributed by atoms with Crippen LogP contribution in [0.3, 0.4) is 0 Å². The van der Waals surface area contributed by atoms with E-state index in [2.05, 4.69) is 39.0 Å². The van der Waals surface area contributed by atoms with E-state index in [1.807, 2.05) is 18.2 Å². The molecule has 0 aromatic heterocycles. The van der Waals surface area contributed by atoms with Gasteiger partial charge in [-0.3, -0.25) is 4.79 Å². The number of anilines is 3. The molecule has 3 aromatic rings. The molecule has 0 saturated carbocycles. The van der Waals surface area contributed by atoms with Crippen molar-refractivity contribution in [2.75, 3.05) is 56.6 Å². The van der Waals surface area contributed by atoms with Gasteiger partial charge in [-0.1, -0.05) is 24.3 Å². The number of carbonyl (C=O) groups excluding carboxylic acids is 2. The normalized spacial score (nSPS) is 12.3. The summed E-state index contributed by atoms with van der Waals surface area (Å²) in [5.41, 5.74) is 4.92. The van der Waals surface area contributed by atoms with Crippen molar-refractivity contribution in [1.29, 1.82) is 0 Å². The Morgan fingerprint density at radius 3 is 2.29 bits per heavy atom. The van der Waals surface area contributed by atoms with E-state index >= 15 is 0 Å². The molecule has 0 saturated heterocycles. The van der Waals surface area contributed by atoms with Crippen LogP contribution in [0.15, 0.2) is 60.7 Å². The molecule has 0 radical (unpaired) electrons. The van der Waals surface area contributed by atoms with Crippen LogP contribution in [0.2, 0.25) is 0 Å². The third-order valence-corrected chi connectivity index (χ3v) is 6.39. The monoisotopic (exact) mass is 518 g/mol. The Morgan fingerprint density at radius 2 is 1.58 bits per heavy atom. The molecule has 38 heavy (non-hydrogen) atoms. The fourth-order valence-electron chi connectivity index (χ4n) is 4.46. The van der Waals surface area contributed by atoms with Crippen LogP contribution in [0.4, 0.5) is 21.9 Å². The maximum Gasteiger partial charge on any atom is 0.323 e. The Bertz CT molecular complexity index is 1260. The molecule has 0 aliphatic carbocycles. The van der Waals surface area contributed by atoms with Crippen molar-refractivity contribution in [2.45, 2.75) is 19.4 Å². The van der Waals surface area contributed by atoms with Gasteiger partial charge in [-0.25, -0.2) is 4.79 Å². The summed E-state index contributed by atoms with van der Waals surface area (Å²) < 4.78 is 15.6. The lowest BCUT2D eigenvalue weighted by Crippen LogP contribution is -2.33. The number of nitrogens with zero attached hydrogens (tertiary/aromatic N) is 1. The highest BCUT2D eigenvalue weighted by Gasteiger charge is 2.22. The summed E-state index contributed by atoms with van der Waals surface area (Å²) in [4.78, 5) is 28.3. The Hall–Kier alpha value is -4.24. The summed E-state index contributed by atoms with van der Waals surface area (Å²) in [6, 6.07) is 18.4. The second-order valence-corrected chi connectivity index (χ2v) is 8.95. The first kappa shape index (κ1) is 26.8. The summed E-state index contributed by atoms with van der Waals surface area (Å²) in [5.74, 6) is 0.913. The molecule has 0 unspecified atom stereocenters. The first-order valence-electron chi connectivity index (χ1n) is 12.5. The zero-order chi connectivity index (χ0) is 26.9. The zero-order valence-electron chi connectivity index (χ0n) is 22.0. The smallest absolute Gasteiger partial charge is 0.323 e. The van der Waals surface area contributed by atoms with Crippen LogP contribution < -0.4 is 30.3 Å². The van der Waals surface area contributed by atoms with Gasteiger partial charge in [-0.2, -0.15) is 0 Å². The Balaban J connectivity index is 1.54. The highest BCUT2D eigenvalue weighted by atomic mass is 16.5. The lowest BCUT2D eigenvalue weighted by molar-refractivity contribution is 0.0949. The van der Waals surface area contributed by atoms with Crippen LogP contribution in [0.25, 0.3) is 0 Å². The standard InChI is InChI=1S/C29H34N4O5/c1-36-14-6-12-30-28(34)26-17-22(31-29(35)32-23-15-24(37-2)18-25(16-23)38-3)9-10-27(26)33-13-11-20-7-4-5-8-21(20)19-33/h4-5,7-10,15-18H,6,11-14,19H2,1-3H3,(H,30,34)(H2,31,32,35). The van der Waals surface area contributed by atoms with Gasteiger partial charge in [0.25, 0.3) is 5.91 Å². The van der Waals surface area contributed by atoms with Crippen molar-refractivity contribution < 1.29 is 23.8 Å². The van der Waals surface area contributed by atoms with E-state index in [0.717, 1.165) is 18.7 Å². The van der Waals surface area contributed by atoms with Crippen LogP contribution in [0.5, 0.6) is 11.5 Å². The molecule has 1 aliphatic heterocycles. The number of methoxy groups -OCH3 is 3. The summed E-state index contributed by atoms with van der Waals surface area (Å²) >= 11 is 0. The van der Waals surface area contributed by atoms with Crippen LogP contribution in [-0.2, 0) is 17.7 Å². The number of urea groups is 1. The van der Waals surface area contributed by atoms with Gasteiger partial charge in [0.15, 0.2) is 0 Å². The number of hydrogen-bond donors (Lipinski definition) is 3. The number of rotatable bonds is 10. The summed E-state index contributed by atoms with van der Waals surface area (Å²) in [5, 5.41) is 8.60. The highest BCUT2D eigenvalue weighted by molar-refractivity contribution is 6.04. The van der Waals surface area contributed by atoms with Gasteiger partial charge >= 0.3 is 6.03 Å². The van der Waals surface area contributed by atoms with Crippen molar-refractivity contribution in [3.63, 3.8) is 0 Å². The molecule has 1 aliphatic rings. The van der Waals surface area contributed by atoms with E-state index in [0.29, 0.717) is 54.6 Å². The molecule has 3 amide bonds. The summed E-state index contributed by atoms with van der Waals surface area (Å²) in [6.45, 7) is 2.56. The molecule has 9 heteroatoms. The Morgan fingerprint density at radius 1 is 0.868 bits per heavy atom. The first-order valence-corrected chi connectivity index (χ1v) is 12.5. The molecule has 0 atom stereocenters. The largest absolute Gasteiger partial charge is 0.497 e. The van der Waals surface area contributed by atoms with Gasteiger partial charge in [0.2, 0.25) is 0 Å². The highest BCUT2D eigenvalue weighted by Crippen LogP contribution is 2.30. The summed E-state index contributed by atoms with van der Waals surface area (Å²) in [7, 11) is 4.72. The third kappa shape index (κ3) is 6.74. The topological polar surface area (TPSA) is 101 Å². The van der Waals surface area contributed by atoms with E-state index in [-0.39, 0.29) is 5.91 Å². The summed E-state index contributed by atoms with van der Waals surface area (Å²) in [6.07, 6.45) is 1.61. The molecule has 1 heterocycles. The van der Waals surface area contributed by atoms with Gasteiger partial charge in [0.05, 0.1) is 19.8 Å². The number of nitrogens with one attached hydrogen (secondary N) is 3. The van der Waals surface area contributed by atoms with Gasteiger partial charge in [0, 0.05) is 68.6 Å². The van der Waals surface area contributed by atoms with E-state index in [9.17, 15) is 9.59 Å². The maximum atomic E-state index is 13.3. The Kier molecular flexibility index (Phi) is 9.05. The quantitative estimate of drug-likeness (QED) is 0.337. The van der Waals surface area contributed by atoms with Crippen LogP contribution >= 0.6 is 0 Å². The SMILES string of the molecule is COCCCNC(=O)c1cc(NC(=O)Nc2cc(OC)cc(OC)c2)ccc1N1CCc2ccccc2C1. The minimum atomic E-state index is -0.452. The van der Waals surface area contributed by atoms with Crippen LogP contribution in [-0.4, -0.2) is 53.0 Å². The van der Waals surface area contributed by atoms with E-state index in [1.54, 1.807) is 45.6 Å². The van der Waals surface area contributed by atoms with Crippen molar-refractivity contribution in [3.8, 4) is 11.5 Å². The average molecular weight is 519 g/mol. The molecular weight excluding hydrogens is 484 g/mol. The number of hydrogen-bond acceptors (Lipinski definition) is 6. The zero-order valence-corrected chi connectivity index (χ0v) is 22.0. The molecule has 3 N–H and O–H groups in total. The van der Waals surface area contributed by atoms with Crippen LogP contribution in [0, 0.1) is 0 Å². The molecule has 0 fully saturated rings. The van der Waals surface area contributed by atoms with Crippen LogP contribution in [0.1, 0.15) is 27.9 Å². The molecule has 0 spiro atoms. The molecule has 4 rings (SSSR count). The molecular formula is C29H34N4O5. The number of ether oxygens (including phenoxy) is 3. The fourth-order valence-corrected chi connectivity index (χ4v) is 4.46. The molecule has 200 valence electrons. The number of carbonyl (C=O) groups is 2. The fraction of sp³-hybridized carbons (Fsp3) is 0.310. The average Bonchev–Trinajstić information content (AvgIpc) is 2.94. The van der Waals surface area contributed by atoms with Gasteiger partial charge < -0.3 is 35.1 Å². The molecule has 3 aromatic carbocycles. The van der Waals surface area contributed by atoms with Gasteiger partial charge in [0.1, 0.15) is 11.5 Å². The first-order chi connectivity index (χ1) is 18.5. The lowest BCUT2D eigenvalue weighted by atomic mass is 9.98. The van der Waals surface area contributed by atoms with E-state index in [4.69, 9.17) is 14.2 Å². The van der Waals surface area contributed by atoms with E-state index < -0.39 is 6.03 Å². The Labute approximate surface area is 223 Å². The lowest BCUT2D eigenvalue weighted by Gasteiger charge is -2.32. The minimum Gasteiger partial charge on any atom is -0.497 e. The van der Waals surface area contributed by atoms with Crippen molar-refractivity contribution in [1.82, 2.24) is 5.32 Å². The number of benzene rings is 3. The number of amides is 3. The van der Waals surface area contributed by atoms with Crippen molar-refractivity contribution in [3.05, 3.63) is 77.4 Å². The van der Waals surface area contributed by atoms with Crippen molar-refractivity contribution >= 4 is 29.0 Å². The van der Waals surface area contributed by atoms with Crippen molar-refractivity contribution in [2.24, 2.45) is 0 Å². The third-order valence-electron chi connectivity index (χ3n) is 6.39. The van der Waals surface area contributed by atoms with Gasteiger partial charge in [-0.05, 0) is 42.2 Å². The number of fused-ring (bicyclic) bond motifs is 1. The minimum absolute atomic E-state index is 0.198. The maximum absolute atomic E-state index is 13.3. The van der Waals surface area contributed by atoms with Gasteiger partial charge in [-0.15, -0.1) is 0 Å². The van der Waals surface area contributed by atoms with E-state index in [1.165, 1.54) is 11.1 Å². The predicted molar refractivity (Wildman–Crippen MR) is 149 cm³/mol. The second-order valence-electron chi connectivity index (χ2n) is 8.95. The second kappa shape index (κ2) is 12.8. The molecule has 9 nitrogen and oxygen atoms in total.